The van der Waals surface area contributed by atoms with E-state index in [1.54, 1.807) is 0 Å². The van der Waals surface area contributed by atoms with E-state index in [9.17, 15) is 0 Å². The van der Waals surface area contributed by atoms with Gasteiger partial charge >= 0.3 is 0 Å². The zero-order chi connectivity index (χ0) is 28.7. The third-order valence-electron chi connectivity index (χ3n) is 8.61. The number of aryl methyl sites for hydroxylation is 3. The van der Waals surface area contributed by atoms with E-state index in [1.807, 2.05) is 0 Å². The molecule has 6 heterocycles. The van der Waals surface area contributed by atoms with E-state index >= 15 is 0 Å². The van der Waals surface area contributed by atoms with Crippen molar-refractivity contribution in [2.24, 2.45) is 0 Å². The molecule has 210 valence electrons. The fourth-order valence-electron chi connectivity index (χ4n) is 6.34. The Hall–Kier alpha value is -4.12. The molecule has 5 nitrogen and oxygen atoms in total. The summed E-state index contributed by atoms with van der Waals surface area (Å²) >= 11 is 0. The summed E-state index contributed by atoms with van der Waals surface area (Å²) in [6, 6.07) is 15.8. The van der Waals surface area contributed by atoms with Gasteiger partial charge in [-0.05, 0) is 120 Å². The minimum absolute atomic E-state index is 0.931. The van der Waals surface area contributed by atoms with Crippen LogP contribution < -0.4 is 0 Å². The summed E-state index contributed by atoms with van der Waals surface area (Å²) in [7, 11) is 0. The summed E-state index contributed by atoms with van der Waals surface area (Å²) < 4.78 is 0. The van der Waals surface area contributed by atoms with Gasteiger partial charge in [0, 0.05) is 27.6 Å². The average molecular weight is 544 g/mol. The van der Waals surface area contributed by atoms with Gasteiger partial charge in [-0.1, -0.05) is 41.5 Å². The number of allylic oxidation sites excluding steroid dienone is 3. The molecule has 0 fully saturated rings. The first-order valence-electron chi connectivity index (χ1n) is 15.4. The van der Waals surface area contributed by atoms with Crippen LogP contribution in [0.1, 0.15) is 100 Å². The van der Waals surface area contributed by atoms with Crippen LogP contribution in [0.4, 0.5) is 0 Å². The first-order chi connectivity index (χ1) is 20.0. The lowest BCUT2D eigenvalue weighted by molar-refractivity contribution is 1.16. The summed E-state index contributed by atoms with van der Waals surface area (Å²) in [5, 5.41) is 0. The number of aromatic nitrogens is 5. The van der Waals surface area contributed by atoms with E-state index in [0.29, 0.717) is 0 Å². The largest absolute Gasteiger partial charge is 0.355 e. The van der Waals surface area contributed by atoms with Crippen LogP contribution in [0.25, 0.3) is 55.9 Å². The molecule has 0 aromatic carbocycles. The topological polar surface area (TPSA) is 73.2 Å². The van der Waals surface area contributed by atoms with Crippen molar-refractivity contribution in [2.75, 3.05) is 0 Å². The molecule has 0 saturated heterocycles. The quantitative estimate of drug-likeness (QED) is 0.226. The lowest BCUT2D eigenvalue weighted by atomic mass is 10.0. The number of hydrogen-bond donors (Lipinski definition) is 3. The fourth-order valence-corrected chi connectivity index (χ4v) is 6.34. The van der Waals surface area contributed by atoms with E-state index in [0.717, 1.165) is 94.4 Å². The van der Waals surface area contributed by atoms with Gasteiger partial charge in [0.1, 0.15) is 0 Å². The van der Waals surface area contributed by atoms with Gasteiger partial charge < -0.3 is 15.0 Å². The fraction of sp³-hybridized carbons (Fsp3) is 0.333. The van der Waals surface area contributed by atoms with Crippen molar-refractivity contribution in [3.63, 3.8) is 0 Å². The number of hydrogen-bond acceptors (Lipinski definition) is 2. The molecule has 0 aliphatic carbocycles. The van der Waals surface area contributed by atoms with Crippen molar-refractivity contribution < 1.29 is 0 Å². The number of aromatic amines is 3. The van der Waals surface area contributed by atoms with E-state index in [-0.39, 0.29) is 0 Å². The second kappa shape index (κ2) is 11.0. The van der Waals surface area contributed by atoms with E-state index in [2.05, 4.69) is 105 Å². The molecule has 2 aliphatic heterocycles. The molecule has 0 radical (unpaired) electrons. The third kappa shape index (κ3) is 4.88. The van der Waals surface area contributed by atoms with Crippen molar-refractivity contribution >= 4 is 55.9 Å². The highest BCUT2D eigenvalue weighted by molar-refractivity contribution is 5.94. The Balaban J connectivity index is 1.77. The first kappa shape index (κ1) is 27.1. The average Bonchev–Trinajstić information content (AvgIpc) is 3.79. The Labute approximate surface area is 242 Å². The SMILES string of the molecule is CCC1=Cc2nc1cc1cc(CC)c(cc3nc(cc4[nH]c(cc4CC)cc4[nH]c2cc4CC)C(CC)=C3CC)[nH]1. The standard InChI is InChI=1S/C36H41N5/c1-7-21-13-25-17-29-23(9-3)15-35(39-29)36-16-24(10-4)30(40-36)18-26-14-22(8-2)32(38-26)20-34-28(12-6)27(11-5)33(41-34)19-31(21)37-25/h13-20,37-39H,7-12H2,1-6H3. The Morgan fingerprint density at radius 2 is 1.00 bits per heavy atom. The molecule has 0 saturated carbocycles. The smallest absolute Gasteiger partial charge is 0.0875 e. The van der Waals surface area contributed by atoms with Crippen molar-refractivity contribution in [1.29, 1.82) is 0 Å². The highest BCUT2D eigenvalue weighted by atomic mass is 14.8. The van der Waals surface area contributed by atoms with Crippen molar-refractivity contribution in [3.05, 3.63) is 81.9 Å². The second-order valence-electron chi connectivity index (χ2n) is 11.0. The number of nitrogens with zero attached hydrogens (tertiary/aromatic N) is 2. The van der Waals surface area contributed by atoms with Gasteiger partial charge in [-0.15, -0.1) is 0 Å². The van der Waals surface area contributed by atoms with Crippen LogP contribution in [0.15, 0.2) is 42.5 Å². The molecule has 0 spiro atoms. The molecule has 0 amide bonds. The van der Waals surface area contributed by atoms with Gasteiger partial charge in [-0.25, -0.2) is 9.97 Å². The maximum absolute atomic E-state index is 5.23. The summed E-state index contributed by atoms with van der Waals surface area (Å²) in [6.07, 6.45) is 7.93. The van der Waals surface area contributed by atoms with Crippen LogP contribution >= 0.6 is 0 Å². The maximum Gasteiger partial charge on any atom is 0.0875 e. The van der Waals surface area contributed by atoms with Crippen molar-refractivity contribution in [3.8, 4) is 0 Å². The molecule has 6 rings (SSSR count). The van der Waals surface area contributed by atoms with Crippen molar-refractivity contribution in [1.82, 2.24) is 24.9 Å². The molecular weight excluding hydrogens is 502 g/mol. The van der Waals surface area contributed by atoms with Gasteiger partial charge in [-0.3, -0.25) is 0 Å². The van der Waals surface area contributed by atoms with Gasteiger partial charge in [0.2, 0.25) is 0 Å². The molecular formula is C36H41N5. The van der Waals surface area contributed by atoms with Gasteiger partial charge in [-0.2, -0.15) is 0 Å². The van der Waals surface area contributed by atoms with Crippen LogP contribution in [0.2, 0.25) is 0 Å². The molecule has 0 unspecified atom stereocenters. The highest BCUT2D eigenvalue weighted by Gasteiger charge is 2.18. The first-order valence-corrected chi connectivity index (χ1v) is 15.4. The van der Waals surface area contributed by atoms with E-state index in [4.69, 9.17) is 9.97 Å². The van der Waals surface area contributed by atoms with Crippen LogP contribution in [0.3, 0.4) is 0 Å². The lowest BCUT2D eigenvalue weighted by Gasteiger charge is -2.02. The molecule has 2 aliphatic rings. The lowest BCUT2D eigenvalue weighted by Crippen LogP contribution is -1.83. The molecule has 4 aromatic heterocycles. The predicted molar refractivity (Wildman–Crippen MR) is 175 cm³/mol. The third-order valence-corrected chi connectivity index (χ3v) is 8.61. The number of rotatable bonds is 6. The second-order valence-corrected chi connectivity index (χ2v) is 11.0. The summed E-state index contributed by atoms with van der Waals surface area (Å²) in [5.74, 6) is 0. The normalized spacial score (nSPS) is 13.3. The Kier molecular flexibility index (Phi) is 7.29. The van der Waals surface area contributed by atoms with Crippen LogP contribution in [0.5, 0.6) is 0 Å². The minimum Gasteiger partial charge on any atom is -0.355 e. The van der Waals surface area contributed by atoms with E-state index < -0.39 is 0 Å². The predicted octanol–water partition coefficient (Wildman–Crippen LogP) is 9.73. The summed E-state index contributed by atoms with van der Waals surface area (Å²) in [6.45, 7) is 13.3. The van der Waals surface area contributed by atoms with Crippen LogP contribution in [0, 0.1) is 0 Å². The molecule has 10 bridgehead atoms. The molecule has 5 heteroatoms. The number of nitrogens with one attached hydrogen (secondary N) is 3. The van der Waals surface area contributed by atoms with Gasteiger partial charge in [0.05, 0.1) is 28.3 Å². The zero-order valence-corrected chi connectivity index (χ0v) is 25.3. The number of fused-ring (bicyclic) bond motifs is 11. The zero-order valence-electron chi connectivity index (χ0n) is 25.3. The van der Waals surface area contributed by atoms with Gasteiger partial charge in [0.25, 0.3) is 0 Å². The molecule has 0 atom stereocenters. The summed E-state index contributed by atoms with van der Waals surface area (Å²) in [4.78, 5) is 21.5. The van der Waals surface area contributed by atoms with Gasteiger partial charge in [0.15, 0.2) is 0 Å². The van der Waals surface area contributed by atoms with Crippen LogP contribution in [-0.4, -0.2) is 24.9 Å². The Morgan fingerprint density at radius 3 is 1.54 bits per heavy atom. The minimum atomic E-state index is 0.931. The van der Waals surface area contributed by atoms with Crippen LogP contribution in [-0.2, 0) is 19.3 Å². The Morgan fingerprint density at radius 1 is 0.463 bits per heavy atom. The van der Waals surface area contributed by atoms with Crippen molar-refractivity contribution in [2.45, 2.75) is 80.1 Å². The van der Waals surface area contributed by atoms with E-state index in [1.165, 1.54) is 33.4 Å². The Bertz CT molecular complexity index is 1910. The highest BCUT2D eigenvalue weighted by Crippen LogP contribution is 2.35. The molecule has 3 N–H and O–H groups in total. The number of H-pyrrole nitrogens is 3. The molecule has 4 aromatic rings. The molecule has 41 heavy (non-hydrogen) atoms. The summed E-state index contributed by atoms with van der Waals surface area (Å²) in [5.41, 5.74) is 18.7. The monoisotopic (exact) mass is 543 g/mol. The maximum atomic E-state index is 5.23.